The summed E-state index contributed by atoms with van der Waals surface area (Å²) in [5.41, 5.74) is 1.84. The molecule has 3 aromatic rings. The van der Waals surface area contributed by atoms with Crippen LogP contribution in [0.4, 0.5) is 11.4 Å². The molecule has 1 N–H and O–H groups in total. The Balaban J connectivity index is 1.61. The summed E-state index contributed by atoms with van der Waals surface area (Å²) in [5, 5.41) is 3.14. The van der Waals surface area contributed by atoms with Crippen LogP contribution >= 0.6 is 0 Å². The van der Waals surface area contributed by atoms with Crippen molar-refractivity contribution in [2.24, 2.45) is 0 Å². The van der Waals surface area contributed by atoms with Gasteiger partial charge in [-0.3, -0.25) is 9.59 Å². The predicted octanol–water partition coefficient (Wildman–Crippen LogP) is 3.87. The molecule has 2 aliphatic rings. The second-order valence-electron chi connectivity index (χ2n) is 7.58. The quantitative estimate of drug-likeness (QED) is 0.561. The Morgan fingerprint density at radius 2 is 1.62 bits per heavy atom. The van der Waals surface area contributed by atoms with Crippen LogP contribution < -0.4 is 29.2 Å². The second-order valence-corrected chi connectivity index (χ2v) is 7.58. The highest BCUT2D eigenvalue weighted by atomic mass is 16.6. The fraction of sp³-hybridized carbons (Fsp3) is 0.154. The fourth-order valence-corrected chi connectivity index (χ4v) is 4.00. The summed E-state index contributed by atoms with van der Waals surface area (Å²) in [4.78, 5) is 28.5. The summed E-state index contributed by atoms with van der Waals surface area (Å²) < 4.78 is 22.0. The Morgan fingerprint density at radius 3 is 2.41 bits per heavy atom. The number of anilines is 2. The molecule has 8 nitrogen and oxygen atoms in total. The number of rotatable bonds is 6. The van der Waals surface area contributed by atoms with Gasteiger partial charge in [-0.05, 0) is 30.3 Å². The van der Waals surface area contributed by atoms with Crippen LogP contribution in [0.5, 0.6) is 23.0 Å². The number of hydrogen-bond donors (Lipinski definition) is 1. The zero-order valence-electron chi connectivity index (χ0n) is 18.7. The van der Waals surface area contributed by atoms with Gasteiger partial charge in [-0.25, -0.2) is 4.90 Å². The Morgan fingerprint density at radius 1 is 0.824 bits per heavy atom. The maximum Gasteiger partial charge on any atom is 0.282 e. The average Bonchev–Trinajstić information content (AvgIpc) is 3.12. The van der Waals surface area contributed by atoms with Crippen molar-refractivity contribution in [1.29, 1.82) is 0 Å². The van der Waals surface area contributed by atoms with Crippen molar-refractivity contribution >= 4 is 28.8 Å². The molecular formula is C26H22N2O6. The number of hydrogen-bond acceptors (Lipinski definition) is 7. The van der Waals surface area contributed by atoms with Gasteiger partial charge in [0.15, 0.2) is 11.5 Å². The van der Waals surface area contributed by atoms with Crippen molar-refractivity contribution in [3.8, 4) is 23.0 Å². The van der Waals surface area contributed by atoms with Gasteiger partial charge in [0, 0.05) is 23.4 Å². The number of para-hydroxylation sites is 1. The molecule has 2 heterocycles. The van der Waals surface area contributed by atoms with Crippen LogP contribution in [-0.4, -0.2) is 39.2 Å². The van der Waals surface area contributed by atoms with E-state index in [-0.39, 0.29) is 11.3 Å². The first-order valence-corrected chi connectivity index (χ1v) is 10.7. The van der Waals surface area contributed by atoms with E-state index in [0.717, 1.165) is 4.90 Å². The minimum Gasteiger partial charge on any atom is -0.497 e. The van der Waals surface area contributed by atoms with E-state index in [1.165, 1.54) is 14.2 Å². The van der Waals surface area contributed by atoms with Gasteiger partial charge in [0.2, 0.25) is 0 Å². The first-order chi connectivity index (χ1) is 16.6. The second kappa shape index (κ2) is 8.82. The lowest BCUT2D eigenvalue weighted by atomic mass is 10.0. The number of amides is 2. The number of fused-ring (bicyclic) bond motifs is 1. The lowest BCUT2D eigenvalue weighted by molar-refractivity contribution is -0.120. The molecule has 3 aromatic carbocycles. The number of nitrogens with one attached hydrogen (secondary N) is 1. The van der Waals surface area contributed by atoms with Gasteiger partial charge in [0.25, 0.3) is 11.8 Å². The van der Waals surface area contributed by atoms with Gasteiger partial charge in [-0.15, -0.1) is 0 Å². The number of methoxy groups -OCH3 is 2. The van der Waals surface area contributed by atoms with Crippen molar-refractivity contribution in [3.05, 3.63) is 78.0 Å². The highest BCUT2D eigenvalue weighted by Gasteiger charge is 2.41. The zero-order valence-corrected chi connectivity index (χ0v) is 18.7. The van der Waals surface area contributed by atoms with E-state index in [4.69, 9.17) is 18.9 Å². The molecule has 0 aliphatic carbocycles. The summed E-state index contributed by atoms with van der Waals surface area (Å²) in [6, 6.07) is 19.2. The molecule has 0 aromatic heterocycles. The topological polar surface area (TPSA) is 86.3 Å². The Kier molecular flexibility index (Phi) is 5.55. The predicted molar refractivity (Wildman–Crippen MR) is 126 cm³/mol. The summed E-state index contributed by atoms with van der Waals surface area (Å²) >= 11 is 0. The van der Waals surface area contributed by atoms with Gasteiger partial charge in [0.05, 0.1) is 25.5 Å². The normalized spacial score (nSPS) is 14.9. The molecule has 2 aliphatic heterocycles. The molecule has 0 radical (unpaired) electrons. The van der Waals surface area contributed by atoms with Gasteiger partial charge in [-0.1, -0.05) is 24.3 Å². The van der Waals surface area contributed by atoms with Crippen molar-refractivity contribution in [2.45, 2.75) is 0 Å². The minimum atomic E-state index is -0.492. The minimum absolute atomic E-state index is 0.133. The van der Waals surface area contributed by atoms with Gasteiger partial charge in [-0.2, -0.15) is 0 Å². The monoisotopic (exact) mass is 458 g/mol. The number of benzene rings is 3. The molecule has 8 heteroatoms. The molecule has 2 amide bonds. The van der Waals surface area contributed by atoms with Gasteiger partial charge in [0.1, 0.15) is 30.4 Å². The van der Waals surface area contributed by atoms with Gasteiger partial charge >= 0.3 is 0 Å². The summed E-state index contributed by atoms with van der Waals surface area (Å²) in [5.74, 6) is 1.24. The average molecular weight is 458 g/mol. The first kappa shape index (κ1) is 21.4. The Bertz CT molecular complexity index is 1320. The van der Waals surface area contributed by atoms with Crippen LogP contribution in [0.15, 0.2) is 72.4 Å². The van der Waals surface area contributed by atoms with Crippen LogP contribution in [0.3, 0.4) is 0 Å². The van der Waals surface area contributed by atoms with Gasteiger partial charge < -0.3 is 24.3 Å². The zero-order chi connectivity index (χ0) is 23.7. The van der Waals surface area contributed by atoms with Crippen molar-refractivity contribution in [2.75, 3.05) is 37.7 Å². The molecule has 0 atom stereocenters. The summed E-state index contributed by atoms with van der Waals surface area (Å²) in [7, 11) is 3.05. The number of carbonyl (C=O) groups excluding carboxylic acids is 2. The molecule has 0 fully saturated rings. The SMILES string of the molecule is COc1cccc(N2C(=O)C(Nc3ccc4c(c3)OCCO4)=C(c3ccccc3OC)C2=O)c1. The molecule has 0 unspecified atom stereocenters. The lowest BCUT2D eigenvalue weighted by Gasteiger charge is -2.19. The maximum atomic E-state index is 13.7. The molecule has 0 saturated carbocycles. The molecule has 34 heavy (non-hydrogen) atoms. The number of imide groups is 1. The van der Waals surface area contributed by atoms with Crippen LogP contribution in [0.25, 0.3) is 5.57 Å². The third-order valence-electron chi connectivity index (χ3n) is 5.58. The van der Waals surface area contributed by atoms with E-state index in [9.17, 15) is 9.59 Å². The smallest absolute Gasteiger partial charge is 0.282 e. The van der Waals surface area contributed by atoms with E-state index in [0.29, 0.717) is 53.2 Å². The highest BCUT2D eigenvalue weighted by Crippen LogP contribution is 2.39. The lowest BCUT2D eigenvalue weighted by Crippen LogP contribution is -2.32. The molecule has 172 valence electrons. The Hall–Kier alpha value is -4.46. The van der Waals surface area contributed by atoms with E-state index in [1.54, 1.807) is 66.7 Å². The van der Waals surface area contributed by atoms with E-state index >= 15 is 0 Å². The molecule has 0 bridgehead atoms. The van der Waals surface area contributed by atoms with Crippen molar-refractivity contribution < 1.29 is 28.5 Å². The number of ether oxygens (including phenoxy) is 4. The van der Waals surface area contributed by atoms with Crippen LogP contribution in [-0.2, 0) is 9.59 Å². The first-order valence-electron chi connectivity index (χ1n) is 10.7. The fourth-order valence-electron chi connectivity index (χ4n) is 4.00. The third-order valence-corrected chi connectivity index (χ3v) is 5.58. The Labute approximate surface area is 196 Å². The summed E-state index contributed by atoms with van der Waals surface area (Å²) in [6.07, 6.45) is 0. The van der Waals surface area contributed by atoms with E-state index in [1.807, 2.05) is 0 Å². The van der Waals surface area contributed by atoms with Crippen molar-refractivity contribution in [3.63, 3.8) is 0 Å². The molecule has 0 saturated heterocycles. The number of carbonyl (C=O) groups is 2. The number of nitrogens with zero attached hydrogens (tertiary/aromatic N) is 1. The van der Waals surface area contributed by atoms with Crippen LogP contribution in [0, 0.1) is 0 Å². The van der Waals surface area contributed by atoms with E-state index in [2.05, 4.69) is 5.32 Å². The molecular weight excluding hydrogens is 436 g/mol. The standard InChI is InChI=1S/C26H22N2O6/c1-31-18-7-5-6-17(15-18)28-25(29)23(19-8-3-4-9-20(19)32-2)24(26(28)30)27-16-10-11-21-22(14-16)34-13-12-33-21/h3-11,14-15,27H,12-13H2,1-2H3. The van der Waals surface area contributed by atoms with Crippen LogP contribution in [0.2, 0.25) is 0 Å². The largest absolute Gasteiger partial charge is 0.497 e. The molecule has 0 spiro atoms. The summed E-state index contributed by atoms with van der Waals surface area (Å²) in [6.45, 7) is 0.915. The maximum absolute atomic E-state index is 13.7. The van der Waals surface area contributed by atoms with E-state index < -0.39 is 11.8 Å². The third kappa shape index (κ3) is 3.69. The van der Waals surface area contributed by atoms with Crippen molar-refractivity contribution in [1.82, 2.24) is 0 Å². The highest BCUT2D eigenvalue weighted by molar-refractivity contribution is 6.46. The molecule has 5 rings (SSSR count). The van der Waals surface area contributed by atoms with Crippen LogP contribution in [0.1, 0.15) is 5.56 Å².